The Kier molecular flexibility index (Phi) is 9.33. The number of Topliss-reactive ketones (excluding diaryl/α,β-unsaturated/α-hetero) is 1. The van der Waals surface area contributed by atoms with Crippen molar-refractivity contribution in [2.75, 3.05) is 33.0 Å². The normalized spacial score (nSPS) is 21.1. The van der Waals surface area contributed by atoms with Gasteiger partial charge in [0.2, 0.25) is 0 Å². The molecule has 1 fully saturated rings. The maximum Gasteiger partial charge on any atom is 0.169 e. The molecule has 3 rings (SSSR count). The molecule has 1 heterocycles. The van der Waals surface area contributed by atoms with Gasteiger partial charge in [0.25, 0.3) is 0 Å². The van der Waals surface area contributed by atoms with Crippen molar-refractivity contribution in [3.05, 3.63) is 52.7 Å². The summed E-state index contributed by atoms with van der Waals surface area (Å²) in [6.45, 7) is 6.52. The molecular weight excluding hydrogens is 443 g/mol. The molecule has 1 saturated carbocycles. The van der Waals surface area contributed by atoms with Crippen molar-refractivity contribution >= 4 is 11.5 Å². The molecule has 0 spiro atoms. The first-order valence-corrected chi connectivity index (χ1v) is 12.7. The molecule has 3 unspecified atom stereocenters. The molecule has 1 aromatic rings. The Labute approximate surface area is 210 Å². The van der Waals surface area contributed by atoms with E-state index in [1.807, 2.05) is 27.0 Å². The number of carbonyl (C=O) groups excluding carboxylic acids is 1. The van der Waals surface area contributed by atoms with Crippen LogP contribution in [0.5, 0.6) is 0 Å². The van der Waals surface area contributed by atoms with E-state index in [9.17, 15) is 9.18 Å². The summed E-state index contributed by atoms with van der Waals surface area (Å²) < 4.78 is 14.2. The Hall–Kier alpha value is -2.42. The second-order valence-electron chi connectivity index (χ2n) is 10.1. The van der Waals surface area contributed by atoms with Crippen LogP contribution in [-0.4, -0.2) is 61.5 Å². The van der Waals surface area contributed by atoms with Crippen LogP contribution in [0.2, 0.25) is 0 Å². The predicted octanol–water partition coefficient (Wildman–Crippen LogP) is 3.36. The van der Waals surface area contributed by atoms with Gasteiger partial charge in [-0.1, -0.05) is 12.8 Å². The summed E-state index contributed by atoms with van der Waals surface area (Å²) in [5.41, 5.74) is 10.4. The summed E-state index contributed by atoms with van der Waals surface area (Å²) >= 11 is 0. The fourth-order valence-corrected chi connectivity index (χ4v) is 5.38. The lowest BCUT2D eigenvalue weighted by molar-refractivity contribution is -0.119. The van der Waals surface area contributed by atoms with Crippen LogP contribution >= 0.6 is 0 Å². The molecule has 0 aromatic heterocycles. The smallest absolute Gasteiger partial charge is 0.169 e. The molecule has 7 nitrogen and oxygen atoms in total. The summed E-state index contributed by atoms with van der Waals surface area (Å²) in [5.74, 6) is 0.373. The summed E-state index contributed by atoms with van der Waals surface area (Å²) in [4.78, 5) is 17.9. The minimum atomic E-state index is -0.391. The molecule has 194 valence electrons. The van der Waals surface area contributed by atoms with Crippen LogP contribution in [0.15, 0.2) is 41.4 Å². The number of nitrogens with zero attached hydrogens (tertiary/aromatic N) is 2. The lowest BCUT2D eigenvalue weighted by Gasteiger charge is -2.35. The first-order valence-electron chi connectivity index (χ1n) is 12.7. The third kappa shape index (κ3) is 6.42. The Balaban J connectivity index is 1.62. The van der Waals surface area contributed by atoms with Gasteiger partial charge >= 0.3 is 0 Å². The van der Waals surface area contributed by atoms with E-state index in [0.717, 1.165) is 22.5 Å². The van der Waals surface area contributed by atoms with Crippen LogP contribution < -0.4 is 21.7 Å². The Morgan fingerprint density at radius 3 is 2.54 bits per heavy atom. The Bertz CT molecular complexity index is 953. The van der Waals surface area contributed by atoms with E-state index in [1.54, 1.807) is 6.20 Å². The van der Waals surface area contributed by atoms with E-state index < -0.39 is 6.04 Å². The first kappa shape index (κ1) is 27.2. The van der Waals surface area contributed by atoms with Crippen molar-refractivity contribution in [1.29, 1.82) is 0 Å². The number of benzene rings is 1. The molecule has 8 heteroatoms. The maximum atomic E-state index is 14.2. The molecule has 0 bridgehead atoms. The summed E-state index contributed by atoms with van der Waals surface area (Å²) in [5, 5.41) is 9.56. The molecule has 2 aliphatic rings. The van der Waals surface area contributed by atoms with Crippen molar-refractivity contribution in [2.45, 2.75) is 71.2 Å². The highest BCUT2D eigenvalue weighted by atomic mass is 19.1. The molecule has 1 aliphatic heterocycles. The van der Waals surface area contributed by atoms with Crippen LogP contribution in [0.25, 0.3) is 0 Å². The van der Waals surface area contributed by atoms with Gasteiger partial charge in [0.1, 0.15) is 18.0 Å². The number of rotatable bonds is 11. The summed E-state index contributed by atoms with van der Waals surface area (Å²) in [6, 6.07) is 4.34. The monoisotopic (exact) mass is 486 g/mol. The molecule has 1 aromatic carbocycles. The molecule has 1 aliphatic carbocycles. The van der Waals surface area contributed by atoms with Crippen molar-refractivity contribution in [3.8, 4) is 0 Å². The van der Waals surface area contributed by atoms with Crippen molar-refractivity contribution in [2.24, 2.45) is 11.7 Å². The fraction of sp³-hybridized carbons (Fsp3) is 0.593. The maximum absolute atomic E-state index is 14.2. The molecule has 0 amide bonds. The summed E-state index contributed by atoms with van der Waals surface area (Å²) in [7, 11) is 6.08. The SMILES string of the molecule is CNC(C(=O)CNCc1cc(F)cc(N/C=C(/C)C(C)N)c1)C1=C(C)N(C)C(C2CCCC2)N1C. The van der Waals surface area contributed by atoms with Crippen LogP contribution in [-0.2, 0) is 11.3 Å². The van der Waals surface area contributed by atoms with Crippen LogP contribution in [0.4, 0.5) is 10.1 Å². The number of nitrogens with one attached hydrogen (secondary N) is 3. The fourth-order valence-electron chi connectivity index (χ4n) is 5.38. The third-order valence-electron chi connectivity index (χ3n) is 7.55. The lowest BCUT2D eigenvalue weighted by atomic mass is 10.0. The van der Waals surface area contributed by atoms with Crippen molar-refractivity contribution in [1.82, 2.24) is 20.4 Å². The van der Waals surface area contributed by atoms with E-state index in [0.29, 0.717) is 24.3 Å². The zero-order valence-electron chi connectivity index (χ0n) is 22.1. The van der Waals surface area contributed by atoms with Gasteiger partial charge in [-0.15, -0.1) is 0 Å². The standard InChI is InChI=1S/C27H43FN6O/c1-17(18(2)29)14-32-23-12-20(11-22(28)13-23)15-31-16-24(35)25(30-4)26-19(3)33(5)27(34(26)6)21-9-7-8-10-21/h11-14,18,21,25,27,30-32H,7-10,15-16,29H2,1-6H3/b17-14-. The van der Waals surface area contributed by atoms with Gasteiger partial charge in [-0.3, -0.25) is 4.79 Å². The van der Waals surface area contributed by atoms with E-state index in [2.05, 4.69) is 46.8 Å². The van der Waals surface area contributed by atoms with Crippen LogP contribution in [0, 0.1) is 11.7 Å². The number of carbonyl (C=O) groups is 1. The van der Waals surface area contributed by atoms with Gasteiger partial charge in [-0.05, 0) is 75.9 Å². The molecule has 3 atom stereocenters. The van der Waals surface area contributed by atoms with Gasteiger partial charge in [0.15, 0.2) is 5.78 Å². The highest BCUT2D eigenvalue weighted by Gasteiger charge is 2.41. The van der Waals surface area contributed by atoms with Crippen LogP contribution in [0.3, 0.4) is 0 Å². The lowest BCUT2D eigenvalue weighted by Crippen LogP contribution is -2.47. The topological polar surface area (TPSA) is 85.7 Å². The minimum Gasteiger partial charge on any atom is -0.362 e. The van der Waals surface area contributed by atoms with E-state index in [4.69, 9.17) is 5.73 Å². The molecular formula is C27H43FN6O. The van der Waals surface area contributed by atoms with Crippen molar-refractivity contribution in [3.63, 3.8) is 0 Å². The van der Waals surface area contributed by atoms with Gasteiger partial charge in [-0.2, -0.15) is 0 Å². The second-order valence-corrected chi connectivity index (χ2v) is 10.1. The quantitative estimate of drug-likeness (QED) is 0.382. The van der Waals surface area contributed by atoms with E-state index in [1.165, 1.54) is 37.8 Å². The van der Waals surface area contributed by atoms with Crippen molar-refractivity contribution < 1.29 is 9.18 Å². The number of anilines is 1. The summed E-state index contributed by atoms with van der Waals surface area (Å²) in [6.07, 6.45) is 7.16. The second kappa shape index (κ2) is 12.0. The predicted molar refractivity (Wildman–Crippen MR) is 141 cm³/mol. The number of halogens is 1. The number of ketones is 1. The number of hydrogen-bond donors (Lipinski definition) is 4. The third-order valence-corrected chi connectivity index (χ3v) is 7.55. The number of allylic oxidation sites excluding steroid dienone is 1. The zero-order valence-corrected chi connectivity index (χ0v) is 22.1. The highest BCUT2D eigenvalue weighted by molar-refractivity contribution is 5.89. The first-order chi connectivity index (χ1) is 16.6. The highest BCUT2D eigenvalue weighted by Crippen LogP contribution is 2.39. The molecule has 0 saturated heterocycles. The number of nitrogens with two attached hydrogens (primary N) is 1. The van der Waals surface area contributed by atoms with Gasteiger partial charge in [-0.25, -0.2) is 4.39 Å². The number of likely N-dealkylation sites (N-methyl/N-ethyl adjacent to an activating group) is 2. The molecule has 0 radical (unpaired) electrons. The van der Waals surface area contributed by atoms with E-state index >= 15 is 0 Å². The van der Waals surface area contributed by atoms with Crippen LogP contribution in [0.1, 0.15) is 52.0 Å². The largest absolute Gasteiger partial charge is 0.362 e. The average Bonchev–Trinajstić information content (AvgIpc) is 3.40. The Morgan fingerprint density at radius 2 is 1.91 bits per heavy atom. The minimum absolute atomic E-state index is 0.0689. The van der Waals surface area contributed by atoms with Gasteiger partial charge in [0, 0.05) is 44.3 Å². The Morgan fingerprint density at radius 1 is 1.23 bits per heavy atom. The van der Waals surface area contributed by atoms with Gasteiger partial charge in [0.05, 0.1) is 12.2 Å². The van der Waals surface area contributed by atoms with E-state index in [-0.39, 0.29) is 24.2 Å². The molecule has 5 N–H and O–H groups in total. The number of hydrogen-bond acceptors (Lipinski definition) is 7. The zero-order chi connectivity index (χ0) is 25.7. The average molecular weight is 487 g/mol. The molecule has 35 heavy (non-hydrogen) atoms. The van der Waals surface area contributed by atoms with Gasteiger partial charge < -0.3 is 31.5 Å².